The first-order valence-electron chi connectivity index (χ1n) is 8.43. The van der Waals surface area contributed by atoms with Crippen molar-refractivity contribution in [1.82, 2.24) is 15.1 Å². The summed E-state index contributed by atoms with van der Waals surface area (Å²) >= 11 is 1.67. The van der Waals surface area contributed by atoms with Crippen LogP contribution in [-0.4, -0.2) is 15.7 Å². The smallest absolute Gasteiger partial charge is 0.255 e. The monoisotopic (exact) mass is 353 g/mol. The third-order valence-corrected chi connectivity index (χ3v) is 5.28. The zero-order valence-corrected chi connectivity index (χ0v) is 15.9. The molecule has 0 radical (unpaired) electrons. The number of rotatable bonds is 5. The number of nitrogens with zero attached hydrogens (tertiary/aromatic N) is 2. The highest BCUT2D eigenvalue weighted by molar-refractivity contribution is 7.10. The summed E-state index contributed by atoms with van der Waals surface area (Å²) in [5.74, 6) is 0.114. The number of carbonyl (C=O) groups excluding carboxylic acids is 1. The van der Waals surface area contributed by atoms with E-state index in [4.69, 9.17) is 0 Å². The minimum absolute atomic E-state index is 0.0742. The Labute approximate surface area is 152 Å². The van der Waals surface area contributed by atoms with Gasteiger partial charge in [-0.25, -0.2) is 4.68 Å². The van der Waals surface area contributed by atoms with Crippen LogP contribution in [0.25, 0.3) is 5.69 Å². The van der Waals surface area contributed by atoms with Crippen molar-refractivity contribution >= 4 is 17.2 Å². The zero-order chi connectivity index (χ0) is 18.0. The first-order chi connectivity index (χ1) is 12.0. The Balaban J connectivity index is 1.87. The van der Waals surface area contributed by atoms with Gasteiger partial charge < -0.3 is 5.32 Å². The molecule has 1 N–H and O–H groups in total. The van der Waals surface area contributed by atoms with E-state index in [2.05, 4.69) is 56.3 Å². The highest BCUT2D eigenvalue weighted by Gasteiger charge is 2.21. The molecular weight excluding hydrogens is 330 g/mol. The number of benzene rings is 1. The second-order valence-corrected chi connectivity index (χ2v) is 7.56. The van der Waals surface area contributed by atoms with Crippen molar-refractivity contribution in [2.24, 2.45) is 0 Å². The Kier molecular flexibility index (Phi) is 5.04. The Bertz CT molecular complexity index is 875. The average Bonchev–Trinajstić information content (AvgIpc) is 3.20. The molecular formula is C20H23N3OS. The molecule has 25 heavy (non-hydrogen) atoms. The van der Waals surface area contributed by atoms with Crippen LogP contribution in [-0.2, 0) is 6.54 Å². The van der Waals surface area contributed by atoms with Crippen LogP contribution in [0, 0.1) is 13.8 Å². The van der Waals surface area contributed by atoms with Gasteiger partial charge in [0.25, 0.3) is 5.91 Å². The van der Waals surface area contributed by atoms with Gasteiger partial charge in [-0.05, 0) is 48.9 Å². The quantitative estimate of drug-likeness (QED) is 0.728. The summed E-state index contributed by atoms with van der Waals surface area (Å²) in [5.41, 5.74) is 4.97. The maximum atomic E-state index is 12.7. The second-order valence-electron chi connectivity index (χ2n) is 6.56. The molecule has 1 aromatic carbocycles. The lowest BCUT2D eigenvalue weighted by molar-refractivity contribution is 0.0950. The summed E-state index contributed by atoms with van der Waals surface area (Å²) in [5, 5.41) is 9.56. The van der Waals surface area contributed by atoms with Crippen molar-refractivity contribution in [2.75, 3.05) is 0 Å². The minimum atomic E-state index is -0.0742. The van der Waals surface area contributed by atoms with Gasteiger partial charge in [0, 0.05) is 4.88 Å². The Morgan fingerprint density at radius 1 is 1.20 bits per heavy atom. The van der Waals surface area contributed by atoms with Gasteiger partial charge in [-0.15, -0.1) is 11.3 Å². The van der Waals surface area contributed by atoms with E-state index < -0.39 is 0 Å². The van der Waals surface area contributed by atoms with E-state index in [0.717, 1.165) is 11.4 Å². The molecule has 0 saturated carbocycles. The lowest BCUT2D eigenvalue weighted by Gasteiger charge is -2.13. The number of aryl methyl sites for hydroxylation is 2. The van der Waals surface area contributed by atoms with Crippen LogP contribution in [0.5, 0.6) is 0 Å². The fourth-order valence-electron chi connectivity index (χ4n) is 2.82. The largest absolute Gasteiger partial charge is 0.347 e. The molecule has 2 aromatic heterocycles. The van der Waals surface area contributed by atoms with Crippen LogP contribution >= 0.6 is 11.3 Å². The third-order valence-electron chi connectivity index (χ3n) is 4.25. The molecule has 3 rings (SSSR count). The van der Waals surface area contributed by atoms with Gasteiger partial charge in [-0.1, -0.05) is 31.5 Å². The summed E-state index contributed by atoms with van der Waals surface area (Å²) in [6.45, 7) is 8.84. The molecule has 0 aliphatic rings. The lowest BCUT2D eigenvalue weighted by atomic mass is 10.0. The number of hydrogen-bond donors (Lipinski definition) is 1. The van der Waals surface area contributed by atoms with Crippen molar-refractivity contribution in [3.8, 4) is 5.69 Å². The van der Waals surface area contributed by atoms with Gasteiger partial charge in [-0.3, -0.25) is 4.79 Å². The molecule has 0 unspecified atom stereocenters. The summed E-state index contributed by atoms with van der Waals surface area (Å²) in [6.07, 6.45) is 1.67. The highest BCUT2D eigenvalue weighted by Crippen LogP contribution is 2.23. The van der Waals surface area contributed by atoms with Gasteiger partial charge >= 0.3 is 0 Å². The highest BCUT2D eigenvalue weighted by atomic mass is 32.1. The molecule has 5 heteroatoms. The number of amides is 1. The predicted octanol–water partition coefficient (Wildman–Crippen LogP) is 4.60. The molecule has 0 aliphatic heterocycles. The number of thiophene rings is 1. The fraction of sp³-hybridized carbons (Fsp3) is 0.300. The molecule has 0 fully saturated rings. The standard InChI is InChI=1S/C20H23N3OS/c1-13(2)19-17(20(24)21-12-18-15(4)9-10-25-18)11-22-23(19)16-7-5-14(3)6-8-16/h5-11,13H,12H2,1-4H3,(H,21,24). The number of hydrogen-bond acceptors (Lipinski definition) is 3. The Morgan fingerprint density at radius 2 is 1.92 bits per heavy atom. The van der Waals surface area contributed by atoms with E-state index in [1.54, 1.807) is 17.5 Å². The topological polar surface area (TPSA) is 46.9 Å². The molecule has 0 saturated heterocycles. The summed E-state index contributed by atoms with van der Waals surface area (Å²) in [7, 11) is 0. The van der Waals surface area contributed by atoms with E-state index in [9.17, 15) is 4.79 Å². The number of aromatic nitrogens is 2. The van der Waals surface area contributed by atoms with Crippen molar-refractivity contribution in [3.05, 3.63) is 69.2 Å². The van der Waals surface area contributed by atoms with Gasteiger partial charge in [0.05, 0.1) is 29.7 Å². The number of carbonyl (C=O) groups is 1. The Hall–Kier alpha value is -2.40. The molecule has 0 bridgehead atoms. The normalized spacial score (nSPS) is 11.1. The third kappa shape index (κ3) is 3.66. The fourth-order valence-corrected chi connectivity index (χ4v) is 3.67. The van der Waals surface area contributed by atoms with E-state index in [1.165, 1.54) is 16.0 Å². The molecule has 0 aliphatic carbocycles. The number of nitrogens with one attached hydrogen (secondary N) is 1. The molecule has 130 valence electrons. The zero-order valence-electron chi connectivity index (χ0n) is 15.0. The average molecular weight is 353 g/mol. The van der Waals surface area contributed by atoms with E-state index in [0.29, 0.717) is 12.1 Å². The molecule has 3 aromatic rings. The first kappa shape index (κ1) is 17.4. The van der Waals surface area contributed by atoms with Crippen molar-refractivity contribution in [1.29, 1.82) is 0 Å². The predicted molar refractivity (Wildman–Crippen MR) is 103 cm³/mol. The first-order valence-corrected chi connectivity index (χ1v) is 9.31. The maximum absolute atomic E-state index is 12.7. The molecule has 1 amide bonds. The van der Waals surface area contributed by atoms with Gasteiger partial charge in [-0.2, -0.15) is 5.10 Å². The lowest BCUT2D eigenvalue weighted by Crippen LogP contribution is -2.24. The van der Waals surface area contributed by atoms with E-state index in [1.807, 2.05) is 22.2 Å². The van der Waals surface area contributed by atoms with Crippen LogP contribution in [0.2, 0.25) is 0 Å². The maximum Gasteiger partial charge on any atom is 0.255 e. The molecule has 2 heterocycles. The summed E-state index contributed by atoms with van der Waals surface area (Å²) in [6, 6.07) is 10.2. The van der Waals surface area contributed by atoms with Crippen molar-refractivity contribution in [3.63, 3.8) is 0 Å². The SMILES string of the molecule is Cc1ccc(-n2ncc(C(=O)NCc3sccc3C)c2C(C)C)cc1. The van der Waals surface area contributed by atoms with Crippen molar-refractivity contribution in [2.45, 2.75) is 40.2 Å². The summed E-state index contributed by atoms with van der Waals surface area (Å²) in [4.78, 5) is 13.9. The minimum Gasteiger partial charge on any atom is -0.347 e. The van der Waals surface area contributed by atoms with Crippen LogP contribution < -0.4 is 5.32 Å². The summed E-state index contributed by atoms with van der Waals surface area (Å²) < 4.78 is 1.87. The molecule has 0 spiro atoms. The van der Waals surface area contributed by atoms with E-state index >= 15 is 0 Å². The molecule has 4 nitrogen and oxygen atoms in total. The Morgan fingerprint density at radius 3 is 2.52 bits per heavy atom. The molecule has 0 atom stereocenters. The van der Waals surface area contributed by atoms with Crippen LogP contribution in [0.4, 0.5) is 0 Å². The van der Waals surface area contributed by atoms with Gasteiger partial charge in [0.2, 0.25) is 0 Å². The van der Waals surface area contributed by atoms with Crippen molar-refractivity contribution < 1.29 is 4.79 Å². The van der Waals surface area contributed by atoms with Gasteiger partial charge in [0.1, 0.15) is 0 Å². The van der Waals surface area contributed by atoms with Crippen LogP contribution in [0.3, 0.4) is 0 Å². The van der Waals surface area contributed by atoms with Crippen LogP contribution in [0.1, 0.15) is 51.8 Å². The second kappa shape index (κ2) is 7.23. The van der Waals surface area contributed by atoms with Gasteiger partial charge in [0.15, 0.2) is 0 Å². The van der Waals surface area contributed by atoms with E-state index in [-0.39, 0.29) is 11.8 Å². The van der Waals surface area contributed by atoms with Crippen LogP contribution in [0.15, 0.2) is 41.9 Å².